The molecule has 0 amide bonds. The highest BCUT2D eigenvalue weighted by Crippen LogP contribution is 2.12. The van der Waals surface area contributed by atoms with E-state index in [0.717, 1.165) is 12.0 Å². The van der Waals surface area contributed by atoms with Crippen LogP contribution in [0.2, 0.25) is 0 Å². The van der Waals surface area contributed by atoms with E-state index in [2.05, 4.69) is 4.72 Å². The summed E-state index contributed by atoms with van der Waals surface area (Å²) in [5, 5.41) is 0. The van der Waals surface area contributed by atoms with Crippen LogP contribution in [-0.4, -0.2) is 38.6 Å². The van der Waals surface area contributed by atoms with E-state index in [1.54, 1.807) is 12.1 Å². The molecule has 2 rings (SSSR count). The lowest BCUT2D eigenvalue weighted by atomic mass is 10.1. The number of Topliss-reactive ketones (excluding diaryl/α,β-unsaturated/α-hetero) is 2. The van der Waals surface area contributed by atoms with Crippen molar-refractivity contribution in [3.63, 3.8) is 0 Å². The summed E-state index contributed by atoms with van der Waals surface area (Å²) in [5.74, 6) is -1.43. The number of nitrogens with one attached hydrogen (secondary N) is 1. The molecule has 0 aliphatic heterocycles. The van der Waals surface area contributed by atoms with Gasteiger partial charge in [-0.25, -0.2) is 8.42 Å². The van der Waals surface area contributed by atoms with Crippen LogP contribution in [0.25, 0.3) is 0 Å². The van der Waals surface area contributed by atoms with Gasteiger partial charge in [-0.2, -0.15) is 4.72 Å². The van der Waals surface area contributed by atoms with Gasteiger partial charge in [0.25, 0.3) is 0 Å². The van der Waals surface area contributed by atoms with Gasteiger partial charge < -0.3 is 4.74 Å². The van der Waals surface area contributed by atoms with Gasteiger partial charge >= 0.3 is 5.97 Å². The second-order valence-electron chi connectivity index (χ2n) is 6.50. The zero-order valence-electron chi connectivity index (χ0n) is 16.5. The molecule has 0 heterocycles. The highest BCUT2D eigenvalue weighted by molar-refractivity contribution is 7.89. The molecule has 2 aromatic carbocycles. The number of carbonyl (C=O) groups excluding carboxylic acids is 3. The van der Waals surface area contributed by atoms with Gasteiger partial charge in [0.1, 0.15) is 6.04 Å². The van der Waals surface area contributed by atoms with Gasteiger partial charge in [-0.1, -0.05) is 43.3 Å². The van der Waals surface area contributed by atoms with Gasteiger partial charge in [-0.05, 0) is 38.0 Å². The van der Waals surface area contributed by atoms with E-state index in [4.69, 9.17) is 4.74 Å². The molecular formula is C21H23NO6S. The molecule has 0 aliphatic rings. The number of sulfonamides is 1. The Bertz CT molecular complexity index is 994. The van der Waals surface area contributed by atoms with E-state index in [-0.39, 0.29) is 16.5 Å². The molecule has 7 nitrogen and oxygen atoms in total. The fraction of sp³-hybridized carbons (Fsp3) is 0.286. The number of ether oxygens (including phenoxy) is 1. The number of hydrogen-bond donors (Lipinski definition) is 1. The van der Waals surface area contributed by atoms with Gasteiger partial charge in [0.05, 0.1) is 4.90 Å². The third-order valence-electron chi connectivity index (χ3n) is 4.29. The molecule has 154 valence electrons. The quantitative estimate of drug-likeness (QED) is 0.496. The molecule has 0 aliphatic carbocycles. The molecule has 0 unspecified atom stereocenters. The molecule has 0 saturated carbocycles. The highest BCUT2D eigenvalue weighted by Gasteiger charge is 2.24. The molecule has 29 heavy (non-hydrogen) atoms. The van der Waals surface area contributed by atoms with Crippen LogP contribution in [0, 0.1) is 0 Å². The van der Waals surface area contributed by atoms with E-state index >= 15 is 0 Å². The van der Waals surface area contributed by atoms with E-state index in [1.165, 1.54) is 38.1 Å². The smallest absolute Gasteiger partial charge is 0.324 e. The molecule has 0 saturated heterocycles. The lowest BCUT2D eigenvalue weighted by Gasteiger charge is -2.14. The zero-order chi connectivity index (χ0) is 21.6. The molecule has 0 bridgehead atoms. The fourth-order valence-corrected chi connectivity index (χ4v) is 3.68. The molecule has 0 radical (unpaired) electrons. The van der Waals surface area contributed by atoms with Crippen LogP contribution in [0.3, 0.4) is 0 Å². The number of carbonyl (C=O) groups is 3. The molecule has 0 spiro atoms. The Kier molecular flexibility index (Phi) is 7.41. The molecule has 0 aromatic heterocycles. The van der Waals surface area contributed by atoms with Crippen molar-refractivity contribution in [2.75, 3.05) is 6.61 Å². The predicted molar refractivity (Wildman–Crippen MR) is 107 cm³/mol. The molecule has 1 atom stereocenters. The summed E-state index contributed by atoms with van der Waals surface area (Å²) in [6.07, 6.45) is 0.846. The molecule has 8 heteroatoms. The maximum Gasteiger partial charge on any atom is 0.324 e. The summed E-state index contributed by atoms with van der Waals surface area (Å²) in [7, 11) is -3.99. The van der Waals surface area contributed by atoms with Crippen LogP contribution >= 0.6 is 0 Å². The molecular weight excluding hydrogens is 394 g/mol. The van der Waals surface area contributed by atoms with Gasteiger partial charge in [0.15, 0.2) is 18.2 Å². The van der Waals surface area contributed by atoms with Crippen molar-refractivity contribution in [1.82, 2.24) is 4.72 Å². The van der Waals surface area contributed by atoms with Crippen molar-refractivity contribution >= 4 is 27.6 Å². The summed E-state index contributed by atoms with van der Waals surface area (Å²) in [5.41, 5.74) is 1.87. The van der Waals surface area contributed by atoms with Crippen molar-refractivity contribution in [3.05, 3.63) is 65.2 Å². The normalized spacial score (nSPS) is 12.2. The summed E-state index contributed by atoms with van der Waals surface area (Å²) in [6.45, 7) is 4.21. The third kappa shape index (κ3) is 6.07. The van der Waals surface area contributed by atoms with E-state index in [9.17, 15) is 22.8 Å². The number of esters is 1. The Balaban J connectivity index is 1.94. The first-order valence-electron chi connectivity index (χ1n) is 9.06. The van der Waals surface area contributed by atoms with E-state index in [1.807, 2.05) is 19.1 Å². The van der Waals surface area contributed by atoms with Crippen LogP contribution in [0.4, 0.5) is 0 Å². The number of hydrogen-bond acceptors (Lipinski definition) is 6. The van der Waals surface area contributed by atoms with Crippen molar-refractivity contribution < 1.29 is 27.5 Å². The molecule has 0 fully saturated rings. The van der Waals surface area contributed by atoms with Crippen LogP contribution in [0.1, 0.15) is 47.1 Å². The zero-order valence-corrected chi connectivity index (χ0v) is 17.3. The largest absolute Gasteiger partial charge is 0.456 e. The minimum absolute atomic E-state index is 0.0887. The fourth-order valence-electron chi connectivity index (χ4n) is 2.49. The third-order valence-corrected chi connectivity index (χ3v) is 5.84. The number of rotatable bonds is 9. The topological polar surface area (TPSA) is 107 Å². The maximum atomic E-state index is 12.4. The van der Waals surface area contributed by atoms with Crippen molar-refractivity contribution in [2.24, 2.45) is 0 Å². The number of aryl methyl sites for hydroxylation is 1. The highest BCUT2D eigenvalue weighted by atomic mass is 32.2. The summed E-state index contributed by atoms with van der Waals surface area (Å²) < 4.78 is 31.9. The Hall–Kier alpha value is -2.84. The first-order valence-corrected chi connectivity index (χ1v) is 10.5. The summed E-state index contributed by atoms with van der Waals surface area (Å²) >= 11 is 0. The Morgan fingerprint density at radius 2 is 1.52 bits per heavy atom. The van der Waals surface area contributed by atoms with Gasteiger partial charge in [0, 0.05) is 11.1 Å². The average molecular weight is 417 g/mol. The first-order chi connectivity index (χ1) is 13.6. The van der Waals surface area contributed by atoms with Crippen molar-refractivity contribution in [3.8, 4) is 0 Å². The van der Waals surface area contributed by atoms with Crippen LogP contribution in [0.5, 0.6) is 0 Å². The average Bonchev–Trinajstić information content (AvgIpc) is 2.71. The monoisotopic (exact) mass is 417 g/mol. The summed E-state index contributed by atoms with van der Waals surface area (Å²) in [4.78, 5) is 35.4. The number of benzene rings is 2. The minimum atomic E-state index is -3.99. The second kappa shape index (κ2) is 9.58. The van der Waals surface area contributed by atoms with Crippen LogP contribution < -0.4 is 4.72 Å². The van der Waals surface area contributed by atoms with Gasteiger partial charge in [0.2, 0.25) is 10.0 Å². The van der Waals surface area contributed by atoms with Gasteiger partial charge in [-0.3, -0.25) is 14.4 Å². The van der Waals surface area contributed by atoms with Crippen LogP contribution in [0.15, 0.2) is 53.4 Å². The molecule has 1 N–H and O–H groups in total. The van der Waals surface area contributed by atoms with E-state index in [0.29, 0.717) is 11.1 Å². The molecule has 2 aromatic rings. The minimum Gasteiger partial charge on any atom is -0.456 e. The summed E-state index contributed by atoms with van der Waals surface area (Å²) in [6, 6.07) is 11.1. The SMILES string of the molecule is CCc1ccc(C(=O)COC(=O)[C@H](C)NS(=O)(=O)c2ccc(C(C)=O)cc2)cc1. The van der Waals surface area contributed by atoms with Gasteiger partial charge in [-0.15, -0.1) is 0 Å². The lowest BCUT2D eigenvalue weighted by Crippen LogP contribution is -2.40. The van der Waals surface area contributed by atoms with Crippen molar-refractivity contribution in [1.29, 1.82) is 0 Å². The van der Waals surface area contributed by atoms with Crippen molar-refractivity contribution in [2.45, 2.75) is 38.1 Å². The lowest BCUT2D eigenvalue weighted by molar-refractivity contribution is -0.144. The first kappa shape index (κ1) is 22.4. The Morgan fingerprint density at radius 3 is 2.03 bits per heavy atom. The Labute approximate surface area is 170 Å². The maximum absolute atomic E-state index is 12.4. The van der Waals surface area contributed by atoms with Crippen LogP contribution in [-0.2, 0) is 26.0 Å². The predicted octanol–water partition coefficient (Wildman–Crippen LogP) is 2.54. The number of ketones is 2. The second-order valence-corrected chi connectivity index (χ2v) is 8.22. The standard InChI is InChI=1S/C21H23NO6S/c1-4-16-5-7-18(8-6-16)20(24)13-28-21(25)14(2)22-29(26,27)19-11-9-17(10-12-19)15(3)23/h5-12,14,22H,4,13H2,1-3H3/t14-/m0/s1. The Morgan fingerprint density at radius 1 is 0.966 bits per heavy atom. The van der Waals surface area contributed by atoms with E-state index < -0.39 is 28.6 Å².